The van der Waals surface area contributed by atoms with Crippen LogP contribution < -0.4 is 10.5 Å². The zero-order chi connectivity index (χ0) is 15.6. The molecule has 0 spiro atoms. The summed E-state index contributed by atoms with van der Waals surface area (Å²) in [6, 6.07) is 2.94. The van der Waals surface area contributed by atoms with E-state index in [0.29, 0.717) is 23.6 Å². The van der Waals surface area contributed by atoms with Crippen LogP contribution in [0, 0.1) is 12.8 Å². The molecule has 0 aromatic heterocycles. The number of rotatable bonds is 4. The van der Waals surface area contributed by atoms with Crippen LogP contribution in [0.5, 0.6) is 0 Å². The Morgan fingerprint density at radius 2 is 2.14 bits per heavy atom. The molecule has 0 heterocycles. The minimum Gasteiger partial charge on any atom is -0.397 e. The Balaban J connectivity index is 2.10. The second-order valence-corrected chi connectivity index (χ2v) is 7.82. The van der Waals surface area contributed by atoms with Gasteiger partial charge in [-0.1, -0.05) is 18.0 Å². The van der Waals surface area contributed by atoms with E-state index in [2.05, 4.69) is 4.72 Å². The van der Waals surface area contributed by atoms with Crippen molar-refractivity contribution < 1.29 is 13.5 Å². The van der Waals surface area contributed by atoms with E-state index in [1.165, 1.54) is 6.07 Å². The maximum atomic E-state index is 12.4. The van der Waals surface area contributed by atoms with Gasteiger partial charge in [0.2, 0.25) is 10.0 Å². The van der Waals surface area contributed by atoms with Crippen LogP contribution >= 0.6 is 11.6 Å². The van der Waals surface area contributed by atoms with Crippen LogP contribution in [0.3, 0.4) is 0 Å². The lowest BCUT2D eigenvalue weighted by molar-refractivity contribution is 0.102. The molecule has 0 amide bonds. The molecule has 7 heteroatoms. The molecule has 1 aromatic rings. The molecule has 1 aliphatic rings. The predicted octanol–water partition coefficient (Wildman–Crippen LogP) is 2.06. The van der Waals surface area contributed by atoms with Crippen LogP contribution in [0.4, 0.5) is 5.69 Å². The Morgan fingerprint density at radius 3 is 2.81 bits per heavy atom. The number of aryl methyl sites for hydroxylation is 1. The van der Waals surface area contributed by atoms with Crippen molar-refractivity contribution in [2.45, 2.75) is 43.6 Å². The summed E-state index contributed by atoms with van der Waals surface area (Å²) < 4.78 is 27.4. The summed E-state index contributed by atoms with van der Waals surface area (Å²) in [5.74, 6) is 0.175. The van der Waals surface area contributed by atoms with Crippen molar-refractivity contribution in [1.82, 2.24) is 4.72 Å². The third kappa shape index (κ3) is 4.10. The standard InChI is InChI=1S/C14H21ClN2O3S/c1-9-5-12(15)13(16)7-14(9)21(19,20)17-8-10-3-2-4-11(18)6-10/h5,7,10-11,17-18H,2-4,6,8,16H2,1H3. The number of halogens is 1. The van der Waals surface area contributed by atoms with Crippen LogP contribution in [-0.2, 0) is 10.0 Å². The second-order valence-electron chi connectivity index (χ2n) is 5.68. The molecule has 118 valence electrons. The maximum absolute atomic E-state index is 12.4. The van der Waals surface area contributed by atoms with Crippen molar-refractivity contribution in [1.29, 1.82) is 0 Å². The highest BCUT2D eigenvalue weighted by Gasteiger charge is 2.24. The summed E-state index contributed by atoms with van der Waals surface area (Å²) in [5, 5.41) is 9.98. The van der Waals surface area contributed by atoms with Crippen LogP contribution in [0.1, 0.15) is 31.2 Å². The molecule has 0 bridgehead atoms. The molecule has 0 aliphatic heterocycles. The highest BCUT2D eigenvalue weighted by atomic mass is 35.5. The normalized spacial score (nSPS) is 23.2. The number of hydrogen-bond donors (Lipinski definition) is 3. The largest absolute Gasteiger partial charge is 0.397 e. The van der Waals surface area contributed by atoms with Gasteiger partial charge in [0.05, 0.1) is 21.7 Å². The number of benzene rings is 1. The van der Waals surface area contributed by atoms with Gasteiger partial charge in [-0.05, 0) is 49.8 Å². The zero-order valence-corrected chi connectivity index (χ0v) is 13.5. The summed E-state index contributed by atoms with van der Waals surface area (Å²) in [4.78, 5) is 0.153. The number of anilines is 1. The molecular weight excluding hydrogens is 312 g/mol. The number of hydrogen-bond acceptors (Lipinski definition) is 4. The maximum Gasteiger partial charge on any atom is 0.240 e. The Labute approximate surface area is 130 Å². The van der Waals surface area contributed by atoms with Gasteiger partial charge in [-0.15, -0.1) is 0 Å². The molecule has 1 saturated carbocycles. The minimum atomic E-state index is -3.62. The Morgan fingerprint density at radius 1 is 1.43 bits per heavy atom. The number of aliphatic hydroxyl groups is 1. The number of sulfonamides is 1. The van der Waals surface area contributed by atoms with Crippen molar-refractivity contribution >= 4 is 27.3 Å². The van der Waals surface area contributed by atoms with Crippen molar-refractivity contribution in [2.75, 3.05) is 12.3 Å². The third-order valence-corrected chi connectivity index (χ3v) is 5.79. The van der Waals surface area contributed by atoms with Gasteiger partial charge in [0.15, 0.2) is 0 Å². The Bertz CT molecular complexity index is 619. The molecule has 1 aromatic carbocycles. The Hall–Kier alpha value is -0.820. The Kier molecular flexibility index (Phi) is 5.14. The van der Waals surface area contributed by atoms with Crippen molar-refractivity contribution in [2.24, 2.45) is 5.92 Å². The fraction of sp³-hybridized carbons (Fsp3) is 0.571. The molecule has 5 nitrogen and oxygen atoms in total. The molecule has 1 aliphatic carbocycles. The van der Waals surface area contributed by atoms with E-state index in [4.69, 9.17) is 17.3 Å². The van der Waals surface area contributed by atoms with E-state index in [0.717, 1.165) is 19.3 Å². The van der Waals surface area contributed by atoms with Crippen molar-refractivity contribution in [3.8, 4) is 0 Å². The summed E-state index contributed by atoms with van der Waals surface area (Å²) >= 11 is 5.88. The highest BCUT2D eigenvalue weighted by Crippen LogP contribution is 2.27. The van der Waals surface area contributed by atoms with Crippen LogP contribution in [0.2, 0.25) is 5.02 Å². The highest BCUT2D eigenvalue weighted by molar-refractivity contribution is 7.89. The van der Waals surface area contributed by atoms with E-state index in [-0.39, 0.29) is 22.6 Å². The average Bonchev–Trinajstić information content (AvgIpc) is 2.41. The van der Waals surface area contributed by atoms with Crippen LogP contribution in [-0.4, -0.2) is 26.2 Å². The fourth-order valence-corrected chi connectivity index (χ4v) is 4.31. The zero-order valence-electron chi connectivity index (χ0n) is 12.0. The molecule has 2 unspecified atom stereocenters. The van der Waals surface area contributed by atoms with Crippen molar-refractivity contribution in [3.05, 3.63) is 22.7 Å². The monoisotopic (exact) mass is 332 g/mol. The molecule has 0 saturated heterocycles. The van der Waals surface area contributed by atoms with Gasteiger partial charge in [0.1, 0.15) is 0 Å². The number of nitrogen functional groups attached to an aromatic ring is 1. The molecule has 0 radical (unpaired) electrons. The molecule has 2 atom stereocenters. The van der Waals surface area contributed by atoms with Gasteiger partial charge >= 0.3 is 0 Å². The molecular formula is C14H21ClN2O3S. The first-order valence-corrected chi connectivity index (χ1v) is 8.89. The van der Waals surface area contributed by atoms with E-state index in [1.807, 2.05) is 0 Å². The first-order valence-electron chi connectivity index (χ1n) is 7.03. The lowest BCUT2D eigenvalue weighted by atomic mass is 9.87. The summed E-state index contributed by atoms with van der Waals surface area (Å²) in [6.07, 6.45) is 2.99. The topological polar surface area (TPSA) is 92.4 Å². The van der Waals surface area contributed by atoms with Crippen LogP contribution in [0.25, 0.3) is 0 Å². The number of nitrogens with two attached hydrogens (primary N) is 1. The lowest BCUT2D eigenvalue weighted by Gasteiger charge is -2.26. The van der Waals surface area contributed by atoms with Gasteiger partial charge in [-0.25, -0.2) is 13.1 Å². The summed E-state index contributed by atoms with van der Waals surface area (Å²) in [6.45, 7) is 2.02. The first-order chi connectivity index (χ1) is 9.79. The number of nitrogens with one attached hydrogen (secondary N) is 1. The number of aliphatic hydroxyl groups excluding tert-OH is 1. The molecule has 1 fully saturated rings. The predicted molar refractivity (Wildman–Crippen MR) is 83.8 cm³/mol. The van der Waals surface area contributed by atoms with Gasteiger partial charge in [0, 0.05) is 6.54 Å². The lowest BCUT2D eigenvalue weighted by Crippen LogP contribution is -2.33. The van der Waals surface area contributed by atoms with Gasteiger partial charge < -0.3 is 10.8 Å². The van der Waals surface area contributed by atoms with E-state index >= 15 is 0 Å². The van der Waals surface area contributed by atoms with E-state index in [9.17, 15) is 13.5 Å². The van der Waals surface area contributed by atoms with Crippen molar-refractivity contribution in [3.63, 3.8) is 0 Å². The summed E-state index contributed by atoms with van der Waals surface area (Å²) in [7, 11) is -3.62. The van der Waals surface area contributed by atoms with Gasteiger partial charge in [0.25, 0.3) is 0 Å². The molecule has 4 N–H and O–H groups in total. The van der Waals surface area contributed by atoms with Gasteiger partial charge in [-0.2, -0.15) is 0 Å². The van der Waals surface area contributed by atoms with Gasteiger partial charge in [-0.3, -0.25) is 0 Å². The smallest absolute Gasteiger partial charge is 0.240 e. The first kappa shape index (κ1) is 16.5. The molecule has 2 rings (SSSR count). The average molecular weight is 333 g/mol. The van der Waals surface area contributed by atoms with E-state index < -0.39 is 10.0 Å². The van der Waals surface area contributed by atoms with Crippen LogP contribution in [0.15, 0.2) is 17.0 Å². The third-order valence-electron chi connectivity index (χ3n) is 3.90. The summed E-state index contributed by atoms with van der Waals surface area (Å²) in [5.41, 5.74) is 6.49. The quantitative estimate of drug-likeness (QED) is 0.736. The minimum absolute atomic E-state index is 0.153. The second kappa shape index (κ2) is 6.52. The SMILES string of the molecule is Cc1cc(Cl)c(N)cc1S(=O)(=O)NCC1CCCC(O)C1. The molecule has 21 heavy (non-hydrogen) atoms. The van der Waals surface area contributed by atoms with E-state index in [1.54, 1.807) is 13.0 Å². The fourth-order valence-electron chi connectivity index (χ4n) is 2.71.